The second-order valence-corrected chi connectivity index (χ2v) is 5.84. The van der Waals surface area contributed by atoms with E-state index in [0.717, 1.165) is 5.56 Å². The molecule has 0 aromatic heterocycles. The van der Waals surface area contributed by atoms with Crippen molar-refractivity contribution in [3.63, 3.8) is 0 Å². The Morgan fingerprint density at radius 3 is 2.73 bits per heavy atom. The van der Waals surface area contributed by atoms with E-state index in [1.807, 2.05) is 36.4 Å². The van der Waals surface area contributed by atoms with Crippen LogP contribution in [0.15, 0.2) is 53.0 Å². The minimum Gasteiger partial charge on any atom is -0.366 e. The molecular formula is C17H17BrO4. The van der Waals surface area contributed by atoms with E-state index in [9.17, 15) is 9.59 Å². The van der Waals surface area contributed by atoms with Gasteiger partial charge in [-0.15, -0.1) is 0 Å². The summed E-state index contributed by atoms with van der Waals surface area (Å²) in [5.74, 6) is -0.103. The predicted octanol–water partition coefficient (Wildman–Crippen LogP) is 2.96. The summed E-state index contributed by atoms with van der Waals surface area (Å²) in [4.78, 5) is 22.1. The van der Waals surface area contributed by atoms with Gasteiger partial charge in [0.15, 0.2) is 5.78 Å². The van der Waals surface area contributed by atoms with Gasteiger partial charge in [0.25, 0.3) is 0 Å². The summed E-state index contributed by atoms with van der Waals surface area (Å²) in [5.41, 5.74) is 1.04. The van der Waals surface area contributed by atoms with Crippen LogP contribution in [0.3, 0.4) is 0 Å². The maximum absolute atomic E-state index is 11.6. The summed E-state index contributed by atoms with van der Waals surface area (Å²) in [6.45, 7) is 1.88. The monoisotopic (exact) mass is 364 g/mol. The van der Waals surface area contributed by atoms with Crippen LogP contribution in [0, 0.1) is 0 Å². The number of rotatable bonds is 6. The van der Waals surface area contributed by atoms with Crippen molar-refractivity contribution in [2.75, 3.05) is 0 Å². The molecule has 0 bridgehead atoms. The predicted molar refractivity (Wildman–Crippen MR) is 86.6 cm³/mol. The third-order valence-electron chi connectivity index (χ3n) is 3.22. The standard InChI is InChI=1S/C17H17BrO4/c1-12(20)17-14(18)10-16(15(22-17)8-5-9-19)21-11-13-6-3-2-4-7-13/h2-10,15-17H,11H2,1H3/b8-5+/t15-,16-,17-/m1/s1. The van der Waals surface area contributed by atoms with Crippen LogP contribution in [0.25, 0.3) is 0 Å². The lowest BCUT2D eigenvalue weighted by Gasteiger charge is -2.31. The third-order valence-corrected chi connectivity index (χ3v) is 3.90. The average Bonchev–Trinajstić information content (AvgIpc) is 2.52. The number of ketones is 1. The average molecular weight is 365 g/mol. The molecule has 0 fully saturated rings. The number of carbonyl (C=O) groups excluding carboxylic acids is 2. The highest BCUT2D eigenvalue weighted by Gasteiger charge is 2.32. The number of carbonyl (C=O) groups is 2. The first-order valence-electron chi connectivity index (χ1n) is 6.92. The van der Waals surface area contributed by atoms with E-state index in [2.05, 4.69) is 15.9 Å². The number of Topliss-reactive ketones (excluding diaryl/α,β-unsaturated/α-hetero) is 1. The number of halogens is 1. The zero-order chi connectivity index (χ0) is 15.9. The van der Waals surface area contributed by atoms with Gasteiger partial charge >= 0.3 is 0 Å². The van der Waals surface area contributed by atoms with Crippen molar-refractivity contribution in [3.8, 4) is 0 Å². The summed E-state index contributed by atoms with van der Waals surface area (Å²) in [6.07, 6.45) is 3.94. The molecule has 0 saturated heterocycles. The molecule has 5 heteroatoms. The minimum absolute atomic E-state index is 0.103. The normalized spacial score (nSPS) is 25.0. The minimum atomic E-state index is -0.655. The lowest BCUT2D eigenvalue weighted by atomic mass is 10.1. The van der Waals surface area contributed by atoms with Gasteiger partial charge in [-0.25, -0.2) is 0 Å². The van der Waals surface area contributed by atoms with Crippen LogP contribution in [-0.4, -0.2) is 30.4 Å². The highest BCUT2D eigenvalue weighted by Crippen LogP contribution is 2.27. The summed E-state index contributed by atoms with van der Waals surface area (Å²) in [5, 5.41) is 0. The second kappa shape index (κ2) is 8.17. The van der Waals surface area contributed by atoms with Crippen molar-refractivity contribution in [1.82, 2.24) is 0 Å². The zero-order valence-electron chi connectivity index (χ0n) is 12.1. The molecule has 22 heavy (non-hydrogen) atoms. The maximum atomic E-state index is 11.6. The number of ether oxygens (including phenoxy) is 2. The number of hydrogen-bond acceptors (Lipinski definition) is 4. The van der Waals surface area contributed by atoms with E-state index in [4.69, 9.17) is 9.47 Å². The quantitative estimate of drug-likeness (QED) is 0.575. The largest absolute Gasteiger partial charge is 0.366 e. The number of hydrogen-bond donors (Lipinski definition) is 0. The Morgan fingerprint density at radius 1 is 1.36 bits per heavy atom. The van der Waals surface area contributed by atoms with Crippen LogP contribution in [0.4, 0.5) is 0 Å². The molecule has 116 valence electrons. The molecule has 4 nitrogen and oxygen atoms in total. The first kappa shape index (κ1) is 16.8. The van der Waals surface area contributed by atoms with Crippen molar-refractivity contribution < 1.29 is 19.1 Å². The Balaban J connectivity index is 2.12. The van der Waals surface area contributed by atoms with Gasteiger partial charge in [0.05, 0.1) is 6.61 Å². The smallest absolute Gasteiger partial charge is 0.163 e. The molecule has 2 rings (SSSR count). The fraction of sp³-hybridized carbons (Fsp3) is 0.294. The van der Waals surface area contributed by atoms with Gasteiger partial charge in [0, 0.05) is 4.48 Å². The first-order valence-corrected chi connectivity index (χ1v) is 7.71. The van der Waals surface area contributed by atoms with Crippen LogP contribution in [0.1, 0.15) is 12.5 Å². The van der Waals surface area contributed by atoms with Crippen LogP contribution in [-0.2, 0) is 25.7 Å². The maximum Gasteiger partial charge on any atom is 0.163 e. The molecule has 0 saturated carbocycles. The molecule has 0 N–H and O–H groups in total. The Bertz CT molecular complexity index is 580. The second-order valence-electron chi connectivity index (χ2n) is 4.93. The molecule has 0 aliphatic carbocycles. The van der Waals surface area contributed by atoms with Crippen molar-refractivity contribution in [2.45, 2.75) is 31.8 Å². The molecule has 3 atom stereocenters. The molecule has 0 radical (unpaired) electrons. The number of aldehydes is 1. The van der Waals surface area contributed by atoms with Gasteiger partial charge in [0.1, 0.15) is 24.6 Å². The highest BCUT2D eigenvalue weighted by atomic mass is 79.9. The number of benzene rings is 1. The molecule has 1 aromatic rings. The van der Waals surface area contributed by atoms with Crippen LogP contribution < -0.4 is 0 Å². The molecule has 1 aliphatic heterocycles. The van der Waals surface area contributed by atoms with Crippen molar-refractivity contribution in [3.05, 3.63) is 58.6 Å². The molecule has 0 spiro atoms. The Labute approximate surface area is 137 Å². The van der Waals surface area contributed by atoms with Gasteiger partial charge in [0.2, 0.25) is 0 Å². The van der Waals surface area contributed by atoms with Gasteiger partial charge in [-0.3, -0.25) is 9.59 Å². The molecule has 1 aromatic carbocycles. The van der Waals surface area contributed by atoms with E-state index < -0.39 is 12.2 Å². The Kier molecular flexibility index (Phi) is 6.24. The van der Waals surface area contributed by atoms with E-state index >= 15 is 0 Å². The van der Waals surface area contributed by atoms with Gasteiger partial charge in [-0.05, 0) is 30.7 Å². The van der Waals surface area contributed by atoms with Crippen LogP contribution in [0.5, 0.6) is 0 Å². The summed E-state index contributed by atoms with van der Waals surface area (Å²) >= 11 is 3.36. The van der Waals surface area contributed by atoms with Gasteiger partial charge < -0.3 is 9.47 Å². The fourth-order valence-corrected chi connectivity index (χ4v) is 2.84. The highest BCUT2D eigenvalue weighted by molar-refractivity contribution is 9.11. The van der Waals surface area contributed by atoms with Gasteiger partial charge in [-0.1, -0.05) is 46.3 Å². The van der Waals surface area contributed by atoms with Crippen molar-refractivity contribution in [1.29, 1.82) is 0 Å². The van der Waals surface area contributed by atoms with Crippen LogP contribution >= 0.6 is 15.9 Å². The Morgan fingerprint density at radius 2 is 2.09 bits per heavy atom. The van der Waals surface area contributed by atoms with E-state index in [1.54, 1.807) is 6.08 Å². The summed E-state index contributed by atoms with van der Waals surface area (Å²) < 4.78 is 12.2. The lowest BCUT2D eigenvalue weighted by molar-refractivity contribution is -0.133. The SMILES string of the molecule is CC(=O)[C@H]1O[C@H](/C=C/C=O)[C@H](OCc2ccccc2)C=C1Br. The fourth-order valence-electron chi connectivity index (χ4n) is 2.15. The molecule has 0 unspecified atom stereocenters. The first-order chi connectivity index (χ1) is 10.6. The molecule has 1 aliphatic rings. The third kappa shape index (κ3) is 4.47. The Hall–Kier alpha value is -1.56. The van der Waals surface area contributed by atoms with Crippen molar-refractivity contribution in [2.24, 2.45) is 0 Å². The zero-order valence-corrected chi connectivity index (χ0v) is 13.7. The molecule has 1 heterocycles. The number of allylic oxidation sites excluding steroid dienone is 1. The van der Waals surface area contributed by atoms with E-state index in [0.29, 0.717) is 17.4 Å². The van der Waals surface area contributed by atoms with E-state index in [1.165, 1.54) is 13.0 Å². The topological polar surface area (TPSA) is 52.6 Å². The summed E-state index contributed by atoms with van der Waals surface area (Å²) in [7, 11) is 0. The summed E-state index contributed by atoms with van der Waals surface area (Å²) in [6, 6.07) is 9.76. The van der Waals surface area contributed by atoms with Crippen LogP contribution in [0.2, 0.25) is 0 Å². The van der Waals surface area contributed by atoms with Gasteiger partial charge in [-0.2, -0.15) is 0 Å². The lowest BCUT2D eigenvalue weighted by Crippen LogP contribution is -2.40. The molecule has 0 amide bonds. The van der Waals surface area contributed by atoms with E-state index in [-0.39, 0.29) is 11.9 Å². The van der Waals surface area contributed by atoms with Crippen molar-refractivity contribution >= 4 is 28.0 Å². The molecular weight excluding hydrogens is 348 g/mol.